The maximum Gasteiger partial charge on any atom is 0.316 e. The van der Waals surface area contributed by atoms with Gasteiger partial charge in [-0.05, 0) is 37.3 Å². The lowest BCUT2D eigenvalue weighted by Crippen LogP contribution is -2.46. The summed E-state index contributed by atoms with van der Waals surface area (Å²) in [6, 6.07) is 8.25. The summed E-state index contributed by atoms with van der Waals surface area (Å²) in [5.41, 5.74) is 2.39. The molecule has 5 heteroatoms. The Kier molecular flexibility index (Phi) is 6.53. The number of rotatable bonds is 6. The fourth-order valence-corrected chi connectivity index (χ4v) is 2.88. The number of ether oxygens (including phenoxy) is 1. The number of Topliss-reactive ketones (excluding diaryl/α,β-unsaturated/α-hetero) is 1. The average molecular weight is 331 g/mol. The summed E-state index contributed by atoms with van der Waals surface area (Å²) < 4.78 is 4.91. The number of esters is 1. The van der Waals surface area contributed by atoms with Gasteiger partial charge in [0, 0.05) is 13.0 Å². The summed E-state index contributed by atoms with van der Waals surface area (Å²) in [4.78, 5) is 37.6. The Morgan fingerprint density at radius 1 is 1.17 bits per heavy atom. The van der Waals surface area contributed by atoms with E-state index in [0.29, 0.717) is 25.8 Å². The summed E-state index contributed by atoms with van der Waals surface area (Å²) >= 11 is 0. The molecule has 1 saturated heterocycles. The Morgan fingerprint density at radius 2 is 1.83 bits per heavy atom. The first-order valence-electron chi connectivity index (χ1n) is 8.60. The minimum absolute atomic E-state index is 0.0110. The molecule has 0 radical (unpaired) electrons. The van der Waals surface area contributed by atoms with Gasteiger partial charge in [0.1, 0.15) is 5.92 Å². The van der Waals surface area contributed by atoms with Crippen molar-refractivity contribution in [3.63, 3.8) is 0 Å². The van der Waals surface area contributed by atoms with Crippen molar-refractivity contribution < 1.29 is 19.1 Å². The molecule has 1 heterocycles. The van der Waals surface area contributed by atoms with Gasteiger partial charge in [-0.3, -0.25) is 14.4 Å². The van der Waals surface area contributed by atoms with Crippen LogP contribution >= 0.6 is 0 Å². The van der Waals surface area contributed by atoms with Crippen LogP contribution in [-0.4, -0.2) is 42.3 Å². The molecule has 0 spiro atoms. The van der Waals surface area contributed by atoms with Crippen LogP contribution in [0, 0.1) is 5.92 Å². The Labute approximate surface area is 143 Å². The lowest BCUT2D eigenvalue weighted by atomic mass is 9.95. The molecule has 1 aromatic carbocycles. The van der Waals surface area contributed by atoms with Crippen molar-refractivity contribution in [2.45, 2.75) is 39.5 Å². The second-order valence-electron chi connectivity index (χ2n) is 6.04. The van der Waals surface area contributed by atoms with E-state index in [2.05, 4.69) is 19.1 Å². The standard InChI is InChI=1S/C19H25NO4/c1-3-14-5-7-15(8-6-14)9-10-18(22)20-12-11-16(17(21)13-20)19(23)24-4-2/h5-8,16H,3-4,9-13H2,1-2H3. The first kappa shape index (κ1) is 18.2. The van der Waals surface area contributed by atoms with Gasteiger partial charge >= 0.3 is 5.97 Å². The lowest BCUT2D eigenvalue weighted by molar-refractivity contribution is -0.156. The predicted octanol–water partition coefficient (Wildman–Crippen LogP) is 2.16. The summed E-state index contributed by atoms with van der Waals surface area (Å²) in [5.74, 6) is -1.44. The first-order valence-corrected chi connectivity index (χ1v) is 8.60. The number of ketones is 1. The number of amides is 1. The number of hydrogen-bond acceptors (Lipinski definition) is 4. The third-order valence-corrected chi connectivity index (χ3v) is 4.41. The number of benzene rings is 1. The van der Waals surface area contributed by atoms with Gasteiger partial charge < -0.3 is 9.64 Å². The van der Waals surface area contributed by atoms with Crippen molar-refractivity contribution in [1.29, 1.82) is 0 Å². The van der Waals surface area contributed by atoms with Crippen LogP contribution in [0.25, 0.3) is 0 Å². The van der Waals surface area contributed by atoms with E-state index in [9.17, 15) is 14.4 Å². The van der Waals surface area contributed by atoms with Crippen LogP contribution in [0.3, 0.4) is 0 Å². The van der Waals surface area contributed by atoms with Gasteiger partial charge in [0.2, 0.25) is 5.91 Å². The summed E-state index contributed by atoms with van der Waals surface area (Å²) in [7, 11) is 0. The zero-order valence-corrected chi connectivity index (χ0v) is 14.4. The Balaban J connectivity index is 1.83. The zero-order chi connectivity index (χ0) is 17.5. The van der Waals surface area contributed by atoms with Crippen molar-refractivity contribution in [3.8, 4) is 0 Å². The van der Waals surface area contributed by atoms with Crippen LogP contribution in [0.15, 0.2) is 24.3 Å². The molecule has 1 aliphatic heterocycles. The Bertz CT molecular complexity index is 594. The third-order valence-electron chi connectivity index (χ3n) is 4.41. The van der Waals surface area contributed by atoms with Crippen LogP contribution in [0.4, 0.5) is 0 Å². The minimum atomic E-state index is -0.712. The van der Waals surface area contributed by atoms with Gasteiger partial charge in [0.15, 0.2) is 5.78 Å². The molecule has 1 aromatic rings. The smallest absolute Gasteiger partial charge is 0.316 e. The van der Waals surface area contributed by atoms with Crippen LogP contribution in [0.2, 0.25) is 0 Å². The summed E-state index contributed by atoms with van der Waals surface area (Å²) in [5, 5.41) is 0. The quantitative estimate of drug-likeness (QED) is 0.592. The van der Waals surface area contributed by atoms with E-state index in [1.807, 2.05) is 12.1 Å². The number of aryl methyl sites for hydroxylation is 2. The molecule has 0 bridgehead atoms. The number of carbonyl (C=O) groups excluding carboxylic acids is 3. The van der Waals surface area contributed by atoms with E-state index in [0.717, 1.165) is 12.0 Å². The number of nitrogens with zero attached hydrogens (tertiary/aromatic N) is 1. The maximum atomic E-state index is 12.3. The normalized spacial score (nSPS) is 17.7. The summed E-state index contributed by atoms with van der Waals surface area (Å²) in [6.45, 7) is 4.53. The number of likely N-dealkylation sites (tertiary alicyclic amines) is 1. The van der Waals surface area contributed by atoms with Crippen molar-refractivity contribution >= 4 is 17.7 Å². The predicted molar refractivity (Wildman–Crippen MR) is 90.5 cm³/mol. The van der Waals surface area contributed by atoms with Crippen LogP contribution in [0.1, 0.15) is 37.8 Å². The van der Waals surface area contributed by atoms with E-state index in [4.69, 9.17) is 4.74 Å². The number of piperidine rings is 1. The molecule has 5 nitrogen and oxygen atoms in total. The molecule has 0 aliphatic carbocycles. The molecule has 24 heavy (non-hydrogen) atoms. The van der Waals surface area contributed by atoms with E-state index < -0.39 is 11.9 Å². The second-order valence-corrected chi connectivity index (χ2v) is 6.04. The fourth-order valence-electron chi connectivity index (χ4n) is 2.88. The largest absolute Gasteiger partial charge is 0.465 e. The molecular weight excluding hydrogens is 306 g/mol. The molecular formula is C19H25NO4. The van der Waals surface area contributed by atoms with E-state index >= 15 is 0 Å². The maximum absolute atomic E-state index is 12.3. The second kappa shape index (κ2) is 8.62. The van der Waals surface area contributed by atoms with Crippen LogP contribution in [0.5, 0.6) is 0 Å². The van der Waals surface area contributed by atoms with Crippen LogP contribution < -0.4 is 0 Å². The van der Waals surface area contributed by atoms with Crippen LogP contribution in [-0.2, 0) is 32.0 Å². The van der Waals surface area contributed by atoms with Crippen molar-refractivity contribution in [2.75, 3.05) is 19.7 Å². The van der Waals surface area contributed by atoms with E-state index in [-0.39, 0.29) is 24.8 Å². The molecule has 0 N–H and O–H groups in total. The number of hydrogen-bond donors (Lipinski definition) is 0. The van der Waals surface area contributed by atoms with E-state index in [1.165, 1.54) is 5.56 Å². The van der Waals surface area contributed by atoms with Gasteiger partial charge in [0.05, 0.1) is 13.2 Å². The highest BCUT2D eigenvalue weighted by molar-refractivity contribution is 6.01. The van der Waals surface area contributed by atoms with Crippen molar-refractivity contribution in [1.82, 2.24) is 4.90 Å². The molecule has 1 aliphatic rings. The van der Waals surface area contributed by atoms with Gasteiger partial charge in [-0.2, -0.15) is 0 Å². The fraction of sp³-hybridized carbons (Fsp3) is 0.526. The molecule has 2 rings (SSSR count). The topological polar surface area (TPSA) is 63.7 Å². The van der Waals surface area contributed by atoms with E-state index in [1.54, 1.807) is 11.8 Å². The van der Waals surface area contributed by atoms with Crippen molar-refractivity contribution in [3.05, 3.63) is 35.4 Å². The minimum Gasteiger partial charge on any atom is -0.465 e. The number of carbonyl (C=O) groups is 3. The van der Waals surface area contributed by atoms with Gasteiger partial charge in [-0.1, -0.05) is 31.2 Å². The Hall–Kier alpha value is -2.17. The van der Waals surface area contributed by atoms with Gasteiger partial charge in [-0.15, -0.1) is 0 Å². The molecule has 1 amide bonds. The molecule has 1 unspecified atom stereocenters. The molecule has 130 valence electrons. The third kappa shape index (κ3) is 4.66. The highest BCUT2D eigenvalue weighted by Crippen LogP contribution is 2.17. The molecule has 1 atom stereocenters. The van der Waals surface area contributed by atoms with Gasteiger partial charge in [0.25, 0.3) is 0 Å². The van der Waals surface area contributed by atoms with Crippen molar-refractivity contribution in [2.24, 2.45) is 5.92 Å². The lowest BCUT2D eigenvalue weighted by Gasteiger charge is -2.29. The SMILES string of the molecule is CCOC(=O)C1CCN(C(=O)CCc2ccc(CC)cc2)CC1=O. The monoisotopic (exact) mass is 331 g/mol. The highest BCUT2D eigenvalue weighted by atomic mass is 16.5. The van der Waals surface area contributed by atoms with Gasteiger partial charge in [-0.25, -0.2) is 0 Å². The average Bonchev–Trinajstić information content (AvgIpc) is 2.60. The Morgan fingerprint density at radius 3 is 2.42 bits per heavy atom. The zero-order valence-electron chi connectivity index (χ0n) is 14.4. The molecule has 0 aromatic heterocycles. The molecule has 1 fully saturated rings. The summed E-state index contributed by atoms with van der Waals surface area (Å²) in [6.07, 6.45) is 2.39. The highest BCUT2D eigenvalue weighted by Gasteiger charge is 2.34. The molecule has 0 saturated carbocycles. The first-order chi connectivity index (χ1) is 11.5.